The number of alkyl halides is 3. The van der Waals surface area contributed by atoms with Crippen LogP contribution in [0.5, 0.6) is 0 Å². The number of amides is 1. The van der Waals surface area contributed by atoms with Gasteiger partial charge in [0.25, 0.3) is 11.5 Å². The molecule has 2 aliphatic rings. The molecule has 6 nitrogen and oxygen atoms in total. The van der Waals surface area contributed by atoms with E-state index >= 15 is 0 Å². The third-order valence-electron chi connectivity index (χ3n) is 5.93. The highest BCUT2D eigenvalue weighted by Gasteiger charge is 2.32. The molecule has 0 saturated heterocycles. The first kappa shape index (κ1) is 20.6. The number of pyridine rings is 1. The molecule has 1 saturated carbocycles. The van der Waals surface area contributed by atoms with E-state index in [0.717, 1.165) is 55.3 Å². The molecule has 0 atom stereocenters. The van der Waals surface area contributed by atoms with Crippen molar-refractivity contribution in [2.45, 2.75) is 69.6 Å². The van der Waals surface area contributed by atoms with Gasteiger partial charge in [-0.25, -0.2) is 4.68 Å². The lowest BCUT2D eigenvalue weighted by molar-refractivity contribution is -0.141. The number of hydrogen-bond donors (Lipinski definition) is 1. The van der Waals surface area contributed by atoms with Gasteiger partial charge in [0.2, 0.25) is 0 Å². The van der Waals surface area contributed by atoms with Crippen LogP contribution in [0.15, 0.2) is 29.2 Å². The Labute approximate surface area is 171 Å². The highest BCUT2D eigenvalue weighted by molar-refractivity contribution is 5.94. The minimum Gasteiger partial charge on any atom is -0.349 e. The van der Waals surface area contributed by atoms with Crippen LogP contribution in [-0.4, -0.2) is 26.7 Å². The molecule has 0 aliphatic heterocycles. The molecule has 4 rings (SSSR count). The maximum Gasteiger partial charge on any atom is 0.433 e. The molecule has 1 amide bonds. The van der Waals surface area contributed by atoms with Crippen LogP contribution < -0.4 is 10.9 Å². The molecule has 0 radical (unpaired) electrons. The summed E-state index contributed by atoms with van der Waals surface area (Å²) in [5.41, 5.74) is 1.08. The Morgan fingerprint density at radius 1 is 1.10 bits per heavy atom. The summed E-state index contributed by atoms with van der Waals surface area (Å²) in [6.07, 6.45) is 3.19. The zero-order chi connectivity index (χ0) is 21.3. The van der Waals surface area contributed by atoms with E-state index in [9.17, 15) is 22.8 Å². The van der Waals surface area contributed by atoms with Gasteiger partial charge < -0.3 is 5.32 Å². The number of nitrogens with one attached hydrogen (secondary N) is 1. The zero-order valence-corrected chi connectivity index (χ0v) is 16.4. The van der Waals surface area contributed by atoms with Crippen molar-refractivity contribution >= 4 is 5.91 Å². The van der Waals surface area contributed by atoms with Gasteiger partial charge in [0, 0.05) is 18.3 Å². The molecule has 160 valence electrons. The van der Waals surface area contributed by atoms with Crippen LogP contribution in [0, 0.1) is 0 Å². The van der Waals surface area contributed by atoms with E-state index in [1.807, 2.05) is 0 Å². The third-order valence-corrected chi connectivity index (χ3v) is 5.93. The molecule has 2 aromatic rings. The topological polar surface area (TPSA) is 76.9 Å². The third kappa shape index (κ3) is 4.39. The number of halogens is 3. The van der Waals surface area contributed by atoms with E-state index in [2.05, 4.69) is 15.4 Å². The van der Waals surface area contributed by atoms with Crippen LogP contribution in [0.4, 0.5) is 13.2 Å². The molecular formula is C21H23F3N4O2. The van der Waals surface area contributed by atoms with Crippen molar-refractivity contribution in [3.63, 3.8) is 0 Å². The predicted octanol–water partition coefficient (Wildman–Crippen LogP) is 3.45. The second-order valence-corrected chi connectivity index (χ2v) is 8.01. The molecule has 30 heavy (non-hydrogen) atoms. The van der Waals surface area contributed by atoms with Crippen LogP contribution in [-0.2, 0) is 19.0 Å². The highest BCUT2D eigenvalue weighted by atomic mass is 19.4. The molecule has 1 fully saturated rings. The lowest BCUT2D eigenvalue weighted by Crippen LogP contribution is -2.40. The van der Waals surface area contributed by atoms with Crippen molar-refractivity contribution < 1.29 is 18.0 Å². The minimum atomic E-state index is -4.53. The fourth-order valence-electron chi connectivity index (χ4n) is 4.27. The maximum atomic E-state index is 12.6. The summed E-state index contributed by atoms with van der Waals surface area (Å²) in [5.74, 6) is -0.441. The Kier molecular flexibility index (Phi) is 5.62. The maximum absolute atomic E-state index is 12.6. The van der Waals surface area contributed by atoms with Gasteiger partial charge in [-0.15, -0.1) is 0 Å². The number of rotatable bonds is 3. The van der Waals surface area contributed by atoms with Crippen molar-refractivity contribution in [2.75, 3.05) is 0 Å². The molecule has 2 aromatic heterocycles. The van der Waals surface area contributed by atoms with Crippen molar-refractivity contribution in [1.82, 2.24) is 20.1 Å². The zero-order valence-electron chi connectivity index (χ0n) is 16.4. The SMILES string of the molecule is O=C(NC1CCC(n2nc3c(cc2=O)CCCC3)CC1)c1ccc(C(F)(F)F)nc1. The number of hydrogen-bond acceptors (Lipinski definition) is 4. The molecule has 2 aliphatic carbocycles. The summed E-state index contributed by atoms with van der Waals surface area (Å²) >= 11 is 0. The fraction of sp³-hybridized carbons (Fsp3) is 0.524. The van der Waals surface area contributed by atoms with Crippen LogP contribution in [0.25, 0.3) is 0 Å². The van der Waals surface area contributed by atoms with Gasteiger partial charge in [0.1, 0.15) is 5.69 Å². The van der Waals surface area contributed by atoms with Gasteiger partial charge in [-0.05, 0) is 69.1 Å². The quantitative estimate of drug-likeness (QED) is 0.825. The molecule has 0 aromatic carbocycles. The van der Waals surface area contributed by atoms with E-state index in [4.69, 9.17) is 0 Å². The van der Waals surface area contributed by atoms with Crippen molar-refractivity contribution in [1.29, 1.82) is 0 Å². The summed E-state index contributed by atoms with van der Waals surface area (Å²) in [4.78, 5) is 28.1. The normalized spacial score (nSPS) is 21.7. The lowest BCUT2D eigenvalue weighted by atomic mass is 9.90. The van der Waals surface area contributed by atoms with Gasteiger partial charge in [-0.3, -0.25) is 14.6 Å². The molecule has 1 N–H and O–H groups in total. The second kappa shape index (κ2) is 8.20. The number of fused-ring (bicyclic) bond motifs is 1. The van der Waals surface area contributed by atoms with Crippen LogP contribution in [0.2, 0.25) is 0 Å². The molecular weight excluding hydrogens is 397 g/mol. The van der Waals surface area contributed by atoms with Gasteiger partial charge in [0.15, 0.2) is 0 Å². The molecule has 0 bridgehead atoms. The summed E-state index contributed by atoms with van der Waals surface area (Å²) in [6.45, 7) is 0. The van der Waals surface area contributed by atoms with Gasteiger partial charge in [-0.1, -0.05) is 0 Å². The first-order chi connectivity index (χ1) is 14.3. The second-order valence-electron chi connectivity index (χ2n) is 8.01. The molecule has 0 unspecified atom stereocenters. The Balaban J connectivity index is 1.36. The first-order valence-corrected chi connectivity index (χ1v) is 10.3. The number of aryl methyl sites for hydroxylation is 2. The van der Waals surface area contributed by atoms with Crippen LogP contribution in [0.3, 0.4) is 0 Å². The van der Waals surface area contributed by atoms with Crippen LogP contribution in [0.1, 0.15) is 71.9 Å². The molecule has 2 heterocycles. The van der Waals surface area contributed by atoms with E-state index in [1.165, 1.54) is 0 Å². The average molecular weight is 420 g/mol. The van der Waals surface area contributed by atoms with Crippen molar-refractivity contribution in [3.8, 4) is 0 Å². The van der Waals surface area contributed by atoms with E-state index in [1.54, 1.807) is 10.7 Å². The van der Waals surface area contributed by atoms with Crippen molar-refractivity contribution in [2.24, 2.45) is 0 Å². The Morgan fingerprint density at radius 3 is 2.50 bits per heavy atom. The number of carbonyl (C=O) groups excluding carboxylic acids is 1. The van der Waals surface area contributed by atoms with E-state index in [-0.39, 0.29) is 23.2 Å². The summed E-state index contributed by atoms with van der Waals surface area (Å²) in [5, 5.41) is 7.48. The van der Waals surface area contributed by atoms with Crippen molar-refractivity contribution in [3.05, 3.63) is 57.3 Å². The number of aromatic nitrogens is 3. The standard InChI is InChI=1S/C21H23F3N4O2/c22-21(23,24)18-10-5-14(12-25-18)20(30)26-15-6-8-16(9-7-15)28-19(29)11-13-3-1-2-4-17(13)27-28/h5,10-12,15-16H,1-4,6-9H2,(H,26,30). The van der Waals surface area contributed by atoms with E-state index < -0.39 is 17.8 Å². The predicted molar refractivity (Wildman–Crippen MR) is 103 cm³/mol. The fourth-order valence-corrected chi connectivity index (χ4v) is 4.27. The number of nitrogens with zero attached hydrogens (tertiary/aromatic N) is 3. The molecule has 0 spiro atoms. The van der Waals surface area contributed by atoms with E-state index in [0.29, 0.717) is 25.7 Å². The number of carbonyl (C=O) groups is 1. The van der Waals surface area contributed by atoms with Gasteiger partial charge in [0.05, 0.1) is 17.3 Å². The van der Waals surface area contributed by atoms with Crippen LogP contribution >= 0.6 is 0 Å². The summed E-state index contributed by atoms with van der Waals surface area (Å²) in [7, 11) is 0. The van der Waals surface area contributed by atoms with Gasteiger partial charge in [-0.2, -0.15) is 18.3 Å². The largest absolute Gasteiger partial charge is 0.433 e. The minimum absolute atomic E-state index is 0.00520. The Bertz CT molecular complexity index is 977. The summed E-state index contributed by atoms with van der Waals surface area (Å²) < 4.78 is 39.4. The summed E-state index contributed by atoms with van der Waals surface area (Å²) in [6, 6.07) is 3.57. The van der Waals surface area contributed by atoms with Gasteiger partial charge >= 0.3 is 6.18 Å². The smallest absolute Gasteiger partial charge is 0.349 e. The first-order valence-electron chi connectivity index (χ1n) is 10.3. The monoisotopic (exact) mass is 420 g/mol. The highest BCUT2D eigenvalue weighted by Crippen LogP contribution is 2.29. The Hall–Kier alpha value is -2.71. The average Bonchev–Trinajstić information content (AvgIpc) is 2.73. The Morgan fingerprint density at radius 2 is 1.83 bits per heavy atom. The molecule has 9 heteroatoms. The lowest BCUT2D eigenvalue weighted by Gasteiger charge is -2.30.